The van der Waals surface area contributed by atoms with Gasteiger partial charge in [-0.2, -0.15) is 0 Å². The summed E-state index contributed by atoms with van der Waals surface area (Å²) in [5.74, 6) is -0.969. The Morgan fingerprint density at radius 3 is 2.85 bits per heavy atom. The van der Waals surface area contributed by atoms with Crippen LogP contribution in [0.2, 0.25) is 5.02 Å². The topological polar surface area (TPSA) is 110 Å². The summed E-state index contributed by atoms with van der Waals surface area (Å²) in [7, 11) is 0. The first-order valence-electron chi connectivity index (χ1n) is 7.89. The van der Waals surface area contributed by atoms with Gasteiger partial charge in [0.2, 0.25) is 0 Å². The highest BCUT2D eigenvalue weighted by atomic mass is 35.5. The van der Waals surface area contributed by atoms with Gasteiger partial charge < -0.3 is 20.6 Å². The van der Waals surface area contributed by atoms with Crippen LogP contribution in [0.25, 0.3) is 11.3 Å². The first-order chi connectivity index (χ1) is 13.0. The molecule has 0 aliphatic carbocycles. The first-order valence-corrected chi connectivity index (χ1v) is 9.09. The van der Waals surface area contributed by atoms with E-state index < -0.39 is 17.8 Å². The summed E-state index contributed by atoms with van der Waals surface area (Å²) in [4.78, 5) is 20.3. The average Bonchev–Trinajstić information content (AvgIpc) is 3.33. The number of nitrogens with zero attached hydrogens (tertiary/aromatic N) is 1. The normalized spacial score (nSPS) is 12.1. The number of halogens is 2. The van der Waals surface area contributed by atoms with Gasteiger partial charge in [0, 0.05) is 24.0 Å². The number of nitrogens with one attached hydrogen (secondary N) is 3. The Hall–Kier alpha value is -2.30. The smallest absolute Gasteiger partial charge is 0.268 e. The molecule has 0 aliphatic rings. The fourth-order valence-electron chi connectivity index (χ4n) is 2.44. The number of hydrogen-bond donors (Lipinski definition) is 5. The predicted molar refractivity (Wildman–Crippen MR) is 99.2 cm³/mol. The maximum absolute atomic E-state index is 13.6. The molecule has 0 aliphatic heterocycles. The van der Waals surface area contributed by atoms with Crippen LogP contribution in [0.5, 0.6) is 0 Å². The van der Waals surface area contributed by atoms with Gasteiger partial charge in [-0.1, -0.05) is 17.7 Å². The minimum atomic E-state index is -0.590. The molecule has 3 aromatic rings. The monoisotopic (exact) mass is 410 g/mol. The molecule has 1 atom stereocenters. The molecule has 0 bridgehead atoms. The van der Waals surface area contributed by atoms with Crippen LogP contribution in [-0.4, -0.2) is 32.7 Å². The molecule has 2 heterocycles. The zero-order valence-corrected chi connectivity index (χ0v) is 15.4. The molecule has 0 spiro atoms. The molecule has 1 unspecified atom stereocenters. The number of hydroxylamine groups is 1. The van der Waals surface area contributed by atoms with E-state index in [-0.39, 0.29) is 23.9 Å². The molecule has 142 valence electrons. The summed E-state index contributed by atoms with van der Waals surface area (Å²) < 4.78 is 13.6. The number of aliphatic hydroxyl groups excluding tert-OH is 1. The van der Waals surface area contributed by atoms with E-state index in [0.717, 1.165) is 0 Å². The van der Waals surface area contributed by atoms with E-state index in [1.54, 1.807) is 18.2 Å². The molecule has 1 aromatic carbocycles. The Morgan fingerprint density at radius 2 is 2.19 bits per heavy atom. The second-order valence-electron chi connectivity index (χ2n) is 5.63. The maximum atomic E-state index is 13.6. The van der Waals surface area contributed by atoms with Crippen LogP contribution in [0.15, 0.2) is 36.5 Å². The van der Waals surface area contributed by atoms with Crippen molar-refractivity contribution in [2.75, 3.05) is 6.54 Å². The number of aromatic amines is 1. The van der Waals surface area contributed by atoms with Crippen molar-refractivity contribution in [3.8, 4) is 11.3 Å². The molecule has 7 nitrogen and oxygen atoms in total. The lowest BCUT2D eigenvalue weighted by atomic mass is 10.1. The molecule has 5 N–H and O–H groups in total. The summed E-state index contributed by atoms with van der Waals surface area (Å²) in [5, 5.41) is 21.5. The van der Waals surface area contributed by atoms with Crippen molar-refractivity contribution in [3.63, 3.8) is 0 Å². The Bertz CT molecular complexity index is 946. The van der Waals surface area contributed by atoms with Crippen LogP contribution in [-0.2, 0) is 6.61 Å². The van der Waals surface area contributed by atoms with Crippen molar-refractivity contribution < 1.29 is 19.5 Å². The van der Waals surface area contributed by atoms with Gasteiger partial charge in [0.1, 0.15) is 16.5 Å². The molecule has 10 heteroatoms. The highest BCUT2D eigenvalue weighted by Crippen LogP contribution is 2.24. The van der Waals surface area contributed by atoms with Crippen LogP contribution in [0.4, 0.5) is 4.39 Å². The molecule has 2 aromatic heterocycles. The fourth-order valence-corrected chi connectivity index (χ4v) is 3.39. The van der Waals surface area contributed by atoms with Gasteiger partial charge in [-0.3, -0.25) is 4.79 Å². The van der Waals surface area contributed by atoms with Crippen LogP contribution in [0.3, 0.4) is 0 Å². The van der Waals surface area contributed by atoms with Gasteiger partial charge in [-0.05, 0) is 24.3 Å². The SMILES string of the molecule is O=C(NC(CNO)c1ncc(CO)s1)c1ccc(-c2ccc(Cl)c(F)c2)[nH]1. The number of carbonyl (C=O) groups is 1. The number of benzene rings is 1. The lowest BCUT2D eigenvalue weighted by Crippen LogP contribution is -2.34. The van der Waals surface area contributed by atoms with Gasteiger partial charge in [0.15, 0.2) is 0 Å². The van der Waals surface area contributed by atoms with Gasteiger partial charge >= 0.3 is 0 Å². The zero-order chi connectivity index (χ0) is 19.4. The number of rotatable bonds is 7. The lowest BCUT2D eigenvalue weighted by molar-refractivity contribution is 0.0912. The standard InChI is InChI=1S/C17H16ClFN4O3S/c18-11-2-1-9(5-12(11)19)13-3-4-14(22-13)16(25)23-15(7-21-26)17-20-6-10(8-24)27-17/h1-6,15,21-22,24,26H,7-8H2,(H,23,25). The largest absolute Gasteiger partial charge is 0.391 e. The van der Waals surface area contributed by atoms with Gasteiger partial charge in [0.05, 0.1) is 22.5 Å². The predicted octanol–water partition coefficient (Wildman–Crippen LogP) is 2.87. The third-order valence-corrected chi connectivity index (χ3v) is 5.19. The van der Waals surface area contributed by atoms with Crippen molar-refractivity contribution in [1.82, 2.24) is 20.8 Å². The maximum Gasteiger partial charge on any atom is 0.268 e. The number of aliphatic hydroxyl groups is 1. The van der Waals surface area contributed by atoms with Crippen molar-refractivity contribution in [2.24, 2.45) is 0 Å². The van der Waals surface area contributed by atoms with Crippen LogP contribution in [0, 0.1) is 5.82 Å². The summed E-state index contributed by atoms with van der Waals surface area (Å²) >= 11 is 6.92. The van der Waals surface area contributed by atoms with E-state index in [1.807, 2.05) is 5.48 Å². The number of aromatic nitrogens is 2. The molecular formula is C17H16ClFN4O3S. The van der Waals surface area contributed by atoms with Gasteiger partial charge in [0.25, 0.3) is 5.91 Å². The van der Waals surface area contributed by atoms with E-state index >= 15 is 0 Å². The zero-order valence-electron chi connectivity index (χ0n) is 13.9. The van der Waals surface area contributed by atoms with E-state index in [0.29, 0.717) is 21.1 Å². The Labute approximate surface area is 162 Å². The van der Waals surface area contributed by atoms with Crippen molar-refractivity contribution in [2.45, 2.75) is 12.6 Å². The highest BCUT2D eigenvalue weighted by Gasteiger charge is 2.20. The Balaban J connectivity index is 1.76. The number of thiazole rings is 1. The van der Waals surface area contributed by atoms with Gasteiger partial charge in [-0.25, -0.2) is 14.9 Å². The summed E-state index contributed by atoms with van der Waals surface area (Å²) in [5.41, 5.74) is 3.40. The summed E-state index contributed by atoms with van der Waals surface area (Å²) in [6, 6.07) is 7.00. The van der Waals surface area contributed by atoms with Crippen molar-refractivity contribution in [1.29, 1.82) is 0 Å². The second kappa shape index (κ2) is 8.59. The lowest BCUT2D eigenvalue weighted by Gasteiger charge is -2.15. The molecule has 0 saturated heterocycles. The highest BCUT2D eigenvalue weighted by molar-refractivity contribution is 7.11. The van der Waals surface area contributed by atoms with Crippen molar-refractivity contribution >= 4 is 28.8 Å². The van der Waals surface area contributed by atoms with E-state index in [4.69, 9.17) is 21.9 Å². The number of H-pyrrole nitrogens is 1. The van der Waals surface area contributed by atoms with Crippen LogP contribution >= 0.6 is 22.9 Å². The molecule has 3 rings (SSSR count). The fraction of sp³-hybridized carbons (Fsp3) is 0.176. The Kier molecular flexibility index (Phi) is 6.19. The van der Waals surface area contributed by atoms with Crippen molar-refractivity contribution in [3.05, 3.63) is 62.9 Å². The molecule has 0 saturated carbocycles. The molecule has 0 radical (unpaired) electrons. The number of carbonyl (C=O) groups excluding carboxylic acids is 1. The summed E-state index contributed by atoms with van der Waals surface area (Å²) in [6.45, 7) is -0.109. The third kappa shape index (κ3) is 4.52. The first kappa shape index (κ1) is 19.5. The van der Waals surface area contributed by atoms with E-state index in [2.05, 4.69) is 15.3 Å². The molecule has 0 fully saturated rings. The third-order valence-electron chi connectivity index (χ3n) is 3.79. The van der Waals surface area contributed by atoms with E-state index in [1.165, 1.54) is 29.7 Å². The van der Waals surface area contributed by atoms with E-state index in [9.17, 15) is 9.18 Å². The minimum absolute atomic E-state index is 0.0216. The second-order valence-corrected chi connectivity index (χ2v) is 7.18. The quantitative estimate of drug-likeness (QED) is 0.385. The average molecular weight is 411 g/mol. The minimum Gasteiger partial charge on any atom is -0.391 e. The molecule has 27 heavy (non-hydrogen) atoms. The number of amides is 1. The van der Waals surface area contributed by atoms with Crippen LogP contribution < -0.4 is 10.8 Å². The number of hydrogen-bond acceptors (Lipinski definition) is 6. The Morgan fingerprint density at radius 1 is 1.37 bits per heavy atom. The summed E-state index contributed by atoms with van der Waals surface area (Å²) in [6.07, 6.45) is 1.51. The van der Waals surface area contributed by atoms with Gasteiger partial charge in [-0.15, -0.1) is 11.3 Å². The molecule has 1 amide bonds. The van der Waals surface area contributed by atoms with Crippen LogP contribution in [0.1, 0.15) is 26.4 Å². The molecular weight excluding hydrogens is 395 g/mol.